The van der Waals surface area contributed by atoms with Gasteiger partial charge in [-0.15, -0.1) is 11.8 Å². The topological polar surface area (TPSA) is 109 Å². The molecule has 7 nitrogen and oxygen atoms in total. The van der Waals surface area contributed by atoms with Gasteiger partial charge in [-0.05, 0) is 19.1 Å². The van der Waals surface area contributed by atoms with E-state index in [2.05, 4.69) is 10.1 Å². The largest absolute Gasteiger partial charge is 0.475 e. The Kier molecular flexibility index (Phi) is 4.34. The molecule has 0 unspecified atom stereocenters. The third-order valence-corrected chi connectivity index (χ3v) is 4.71. The molecule has 0 aliphatic carbocycles. The third-order valence-electron chi connectivity index (χ3n) is 3.47. The van der Waals surface area contributed by atoms with Crippen molar-refractivity contribution >= 4 is 11.8 Å². The molecule has 0 spiro atoms. The Hall–Kier alpha value is -1.61. The third kappa shape index (κ3) is 2.95. The number of rotatable bonds is 3. The highest BCUT2D eigenvalue weighted by molar-refractivity contribution is 7.99. The van der Waals surface area contributed by atoms with Gasteiger partial charge >= 0.3 is 0 Å². The number of aliphatic hydroxyl groups excluding tert-OH is 3. The van der Waals surface area contributed by atoms with Crippen molar-refractivity contribution < 1.29 is 24.6 Å². The lowest BCUT2D eigenvalue weighted by atomic mass is 10.1. The first-order chi connectivity index (χ1) is 10.6. The van der Waals surface area contributed by atoms with E-state index in [1.165, 1.54) is 18.0 Å². The maximum absolute atomic E-state index is 9.91. The lowest BCUT2D eigenvalue weighted by Crippen LogP contribution is -2.50. The number of pyridine rings is 1. The molecular formula is C14H16N2O5S. The van der Waals surface area contributed by atoms with Crippen LogP contribution < -0.4 is 4.74 Å². The second-order valence-corrected chi connectivity index (χ2v) is 6.17. The molecule has 0 amide bonds. The van der Waals surface area contributed by atoms with Crippen molar-refractivity contribution in [1.82, 2.24) is 10.1 Å². The fourth-order valence-electron chi connectivity index (χ4n) is 2.17. The number of nitrogens with zero attached hydrogens (tertiary/aromatic N) is 2. The zero-order valence-electron chi connectivity index (χ0n) is 11.8. The summed E-state index contributed by atoms with van der Waals surface area (Å²) in [5.41, 5.74) is 0.860. The Morgan fingerprint density at radius 3 is 2.68 bits per heavy atom. The smallest absolute Gasteiger partial charge is 0.173 e. The molecule has 0 saturated carbocycles. The van der Waals surface area contributed by atoms with E-state index in [1.54, 1.807) is 25.3 Å². The zero-order valence-corrected chi connectivity index (χ0v) is 12.6. The Balaban J connectivity index is 1.70. The van der Waals surface area contributed by atoms with Crippen LogP contribution in [0.4, 0.5) is 0 Å². The number of ether oxygens (including phenoxy) is 1. The second-order valence-electron chi connectivity index (χ2n) is 5.04. The number of thioether (sulfide) groups is 1. The molecule has 4 atom stereocenters. The van der Waals surface area contributed by atoms with Crippen LogP contribution in [0.15, 0.2) is 29.0 Å². The Morgan fingerprint density at radius 1 is 1.23 bits per heavy atom. The minimum absolute atomic E-state index is 0.300. The minimum Gasteiger partial charge on any atom is -0.475 e. The summed E-state index contributed by atoms with van der Waals surface area (Å²) in [6.07, 6.45) is -0.188. The van der Waals surface area contributed by atoms with Gasteiger partial charge < -0.3 is 24.6 Å². The lowest BCUT2D eigenvalue weighted by molar-refractivity contribution is -0.0786. The molecule has 1 saturated heterocycles. The predicted molar refractivity (Wildman–Crippen MR) is 79.4 cm³/mol. The molecule has 1 fully saturated rings. The van der Waals surface area contributed by atoms with Crippen molar-refractivity contribution in [3.63, 3.8) is 0 Å². The van der Waals surface area contributed by atoms with Crippen LogP contribution in [-0.2, 0) is 0 Å². The molecule has 2 aromatic heterocycles. The van der Waals surface area contributed by atoms with Gasteiger partial charge in [0.25, 0.3) is 0 Å². The van der Waals surface area contributed by atoms with Crippen LogP contribution in [0.3, 0.4) is 0 Å². The van der Waals surface area contributed by atoms with Crippen LogP contribution in [0.5, 0.6) is 5.75 Å². The fourth-order valence-corrected chi connectivity index (χ4v) is 3.29. The van der Waals surface area contributed by atoms with Gasteiger partial charge in [0.1, 0.15) is 23.7 Å². The van der Waals surface area contributed by atoms with Gasteiger partial charge in [-0.3, -0.25) is 4.98 Å². The van der Waals surface area contributed by atoms with E-state index in [0.29, 0.717) is 23.0 Å². The first-order valence-electron chi connectivity index (χ1n) is 6.76. The molecule has 3 rings (SSSR count). The molecule has 0 aromatic carbocycles. The van der Waals surface area contributed by atoms with Gasteiger partial charge in [-0.2, -0.15) is 0 Å². The first-order valence-corrected chi connectivity index (χ1v) is 7.81. The van der Waals surface area contributed by atoms with Crippen LogP contribution in [0.2, 0.25) is 0 Å². The van der Waals surface area contributed by atoms with E-state index >= 15 is 0 Å². The van der Waals surface area contributed by atoms with Gasteiger partial charge in [-0.25, -0.2) is 0 Å². The van der Waals surface area contributed by atoms with Crippen molar-refractivity contribution in [2.24, 2.45) is 0 Å². The maximum atomic E-state index is 9.91. The summed E-state index contributed by atoms with van der Waals surface area (Å²) in [7, 11) is 0. The highest BCUT2D eigenvalue weighted by Gasteiger charge is 2.38. The molecule has 118 valence electrons. The van der Waals surface area contributed by atoms with E-state index in [4.69, 9.17) is 9.26 Å². The van der Waals surface area contributed by atoms with E-state index in [9.17, 15) is 15.3 Å². The van der Waals surface area contributed by atoms with Gasteiger partial charge in [0.05, 0.1) is 29.8 Å². The predicted octanol–water partition coefficient (Wildman–Crippen LogP) is 0.579. The number of hydrogen-bond donors (Lipinski definition) is 3. The Bertz CT molecular complexity index is 632. The quantitative estimate of drug-likeness (QED) is 0.752. The minimum atomic E-state index is -1.21. The van der Waals surface area contributed by atoms with Crippen molar-refractivity contribution in [2.75, 3.05) is 5.75 Å². The van der Waals surface area contributed by atoms with Crippen LogP contribution >= 0.6 is 11.8 Å². The molecule has 3 heterocycles. The molecule has 0 bridgehead atoms. The molecule has 1 aliphatic rings. The first kappa shape index (κ1) is 15.3. The SMILES string of the molecule is Cc1oncc1-c1ccc(O[C@H]2SC[C@@H](O)[C@H](O)[C@H]2O)cn1. The molecule has 3 N–H and O–H groups in total. The van der Waals surface area contributed by atoms with Crippen molar-refractivity contribution in [3.05, 3.63) is 30.3 Å². The van der Waals surface area contributed by atoms with Crippen LogP contribution in [0.1, 0.15) is 5.76 Å². The standard InChI is InChI=1S/C14H16N2O5S/c1-7-9(5-16-21-7)10-3-2-8(4-15-10)20-14-13(19)12(18)11(17)6-22-14/h2-5,11-14,17-19H,6H2,1H3/t11-,12+,13-,14+/m1/s1. The normalized spacial score (nSPS) is 28.5. The number of aromatic nitrogens is 2. The van der Waals surface area contributed by atoms with Crippen molar-refractivity contribution in [2.45, 2.75) is 30.7 Å². The van der Waals surface area contributed by atoms with Gasteiger partial charge in [0.15, 0.2) is 5.44 Å². The Morgan fingerprint density at radius 2 is 2.05 bits per heavy atom. The summed E-state index contributed by atoms with van der Waals surface area (Å²) in [5.74, 6) is 1.45. The molecular weight excluding hydrogens is 308 g/mol. The van der Waals surface area contributed by atoms with Crippen LogP contribution in [0, 0.1) is 6.92 Å². The number of aliphatic hydroxyl groups is 3. The molecule has 0 radical (unpaired) electrons. The highest BCUT2D eigenvalue weighted by Crippen LogP contribution is 2.29. The highest BCUT2D eigenvalue weighted by atomic mass is 32.2. The molecule has 8 heteroatoms. The van der Waals surface area contributed by atoms with Crippen LogP contribution in [-0.4, -0.2) is 55.0 Å². The van der Waals surface area contributed by atoms with Gasteiger partial charge in [-0.1, -0.05) is 5.16 Å². The zero-order chi connectivity index (χ0) is 15.7. The molecule has 1 aliphatic heterocycles. The van der Waals surface area contributed by atoms with E-state index in [0.717, 1.165) is 5.56 Å². The number of aryl methyl sites for hydroxylation is 1. The summed E-state index contributed by atoms with van der Waals surface area (Å²) in [6, 6.07) is 3.49. The van der Waals surface area contributed by atoms with Crippen molar-refractivity contribution in [1.29, 1.82) is 0 Å². The average Bonchev–Trinajstić information content (AvgIpc) is 2.95. The number of hydrogen-bond acceptors (Lipinski definition) is 8. The summed E-state index contributed by atoms with van der Waals surface area (Å²) in [5, 5.41) is 32.8. The second kappa shape index (κ2) is 6.25. The molecule has 2 aromatic rings. The van der Waals surface area contributed by atoms with Gasteiger partial charge in [0.2, 0.25) is 0 Å². The molecule has 22 heavy (non-hydrogen) atoms. The lowest BCUT2D eigenvalue weighted by Gasteiger charge is -2.34. The maximum Gasteiger partial charge on any atom is 0.173 e. The average molecular weight is 324 g/mol. The summed E-state index contributed by atoms with van der Waals surface area (Å²) >= 11 is 1.25. The fraction of sp³-hybridized carbons (Fsp3) is 0.429. The van der Waals surface area contributed by atoms with E-state index in [-0.39, 0.29) is 0 Å². The van der Waals surface area contributed by atoms with E-state index < -0.39 is 23.7 Å². The summed E-state index contributed by atoms with van der Waals surface area (Å²) in [6.45, 7) is 1.80. The Labute approximate surface area is 130 Å². The van der Waals surface area contributed by atoms with E-state index in [1.807, 2.05) is 0 Å². The summed E-state index contributed by atoms with van der Waals surface area (Å²) < 4.78 is 10.6. The van der Waals surface area contributed by atoms with Gasteiger partial charge in [0, 0.05) is 5.75 Å². The monoisotopic (exact) mass is 324 g/mol. The summed E-state index contributed by atoms with van der Waals surface area (Å²) in [4.78, 5) is 4.28. The van der Waals surface area contributed by atoms with Crippen molar-refractivity contribution in [3.8, 4) is 17.0 Å². The van der Waals surface area contributed by atoms with Crippen LogP contribution in [0.25, 0.3) is 11.3 Å².